The SMILES string of the molecule is CCCC(=O)Nc1nc2ccc(NC(=S)NC(=O)c3cccc(C)c3)cc2s1. The number of carbonyl (C=O) groups excluding carboxylic acids is 2. The number of benzene rings is 2. The molecule has 0 atom stereocenters. The highest BCUT2D eigenvalue weighted by Crippen LogP contribution is 2.28. The topological polar surface area (TPSA) is 83.1 Å². The number of fused-ring (bicyclic) bond motifs is 1. The quantitative estimate of drug-likeness (QED) is 0.539. The molecule has 3 rings (SSSR count). The van der Waals surface area contributed by atoms with E-state index in [1.165, 1.54) is 11.3 Å². The lowest BCUT2D eigenvalue weighted by Crippen LogP contribution is -2.34. The second-order valence-corrected chi connectivity index (χ2v) is 7.72. The largest absolute Gasteiger partial charge is 0.332 e. The van der Waals surface area contributed by atoms with Gasteiger partial charge in [-0.15, -0.1) is 0 Å². The Kier molecular flexibility index (Phi) is 6.33. The summed E-state index contributed by atoms with van der Waals surface area (Å²) in [5, 5.41) is 9.28. The summed E-state index contributed by atoms with van der Waals surface area (Å²) in [6.07, 6.45) is 1.26. The van der Waals surface area contributed by atoms with E-state index in [0.717, 1.165) is 27.9 Å². The van der Waals surface area contributed by atoms with Gasteiger partial charge < -0.3 is 10.6 Å². The third-order valence-corrected chi connectivity index (χ3v) is 5.01. The van der Waals surface area contributed by atoms with E-state index < -0.39 is 0 Å². The molecule has 144 valence electrons. The van der Waals surface area contributed by atoms with Gasteiger partial charge in [0.2, 0.25) is 5.91 Å². The number of hydrogen-bond donors (Lipinski definition) is 3. The van der Waals surface area contributed by atoms with Crippen LogP contribution in [-0.4, -0.2) is 21.9 Å². The molecule has 0 saturated heterocycles. The van der Waals surface area contributed by atoms with Crippen molar-refractivity contribution in [2.75, 3.05) is 10.6 Å². The first-order valence-electron chi connectivity index (χ1n) is 8.84. The van der Waals surface area contributed by atoms with Crippen LogP contribution in [0.15, 0.2) is 42.5 Å². The van der Waals surface area contributed by atoms with Crippen LogP contribution >= 0.6 is 23.6 Å². The fourth-order valence-corrected chi connectivity index (χ4v) is 3.72. The number of carbonyl (C=O) groups is 2. The van der Waals surface area contributed by atoms with Gasteiger partial charge in [0, 0.05) is 17.7 Å². The molecule has 2 amide bonds. The fourth-order valence-electron chi connectivity index (χ4n) is 2.59. The van der Waals surface area contributed by atoms with E-state index in [2.05, 4.69) is 20.9 Å². The van der Waals surface area contributed by atoms with Gasteiger partial charge in [-0.3, -0.25) is 14.9 Å². The zero-order valence-electron chi connectivity index (χ0n) is 15.5. The van der Waals surface area contributed by atoms with Gasteiger partial charge in [-0.2, -0.15) is 0 Å². The van der Waals surface area contributed by atoms with Gasteiger partial charge in [-0.25, -0.2) is 4.98 Å². The van der Waals surface area contributed by atoms with E-state index >= 15 is 0 Å². The molecule has 0 radical (unpaired) electrons. The summed E-state index contributed by atoms with van der Waals surface area (Å²) in [6, 6.07) is 12.8. The zero-order valence-corrected chi connectivity index (χ0v) is 17.2. The van der Waals surface area contributed by atoms with Crippen LogP contribution in [0.2, 0.25) is 0 Å². The molecule has 28 heavy (non-hydrogen) atoms. The van der Waals surface area contributed by atoms with Gasteiger partial charge in [-0.05, 0) is 55.9 Å². The predicted molar refractivity (Wildman–Crippen MR) is 118 cm³/mol. The van der Waals surface area contributed by atoms with Crippen LogP contribution < -0.4 is 16.0 Å². The maximum atomic E-state index is 12.3. The number of aromatic nitrogens is 1. The van der Waals surface area contributed by atoms with E-state index in [1.807, 2.05) is 44.2 Å². The van der Waals surface area contributed by atoms with E-state index in [4.69, 9.17) is 12.2 Å². The van der Waals surface area contributed by atoms with Gasteiger partial charge >= 0.3 is 0 Å². The van der Waals surface area contributed by atoms with Crippen molar-refractivity contribution >= 4 is 61.5 Å². The summed E-state index contributed by atoms with van der Waals surface area (Å²) < 4.78 is 0.907. The number of rotatable bonds is 5. The highest BCUT2D eigenvalue weighted by atomic mass is 32.1. The number of hydrogen-bond acceptors (Lipinski definition) is 5. The van der Waals surface area contributed by atoms with Crippen molar-refractivity contribution in [3.8, 4) is 0 Å². The average molecular weight is 413 g/mol. The molecule has 0 spiro atoms. The first kappa shape index (κ1) is 19.9. The van der Waals surface area contributed by atoms with Crippen LogP contribution in [-0.2, 0) is 4.79 Å². The lowest BCUT2D eigenvalue weighted by molar-refractivity contribution is -0.116. The van der Waals surface area contributed by atoms with Crippen molar-refractivity contribution in [3.05, 3.63) is 53.6 Å². The van der Waals surface area contributed by atoms with E-state index in [-0.39, 0.29) is 16.9 Å². The smallest absolute Gasteiger partial charge is 0.257 e. The monoisotopic (exact) mass is 412 g/mol. The molecule has 2 aromatic carbocycles. The standard InChI is InChI=1S/C20H20N4O2S2/c1-3-5-17(25)23-20-22-15-9-8-14(11-16(15)28-20)21-19(27)24-18(26)13-7-4-6-12(2)10-13/h4,6-11H,3,5H2,1-2H3,(H,22,23,25)(H2,21,24,26,27). The van der Waals surface area contributed by atoms with Gasteiger partial charge in [0.15, 0.2) is 10.2 Å². The molecule has 6 nitrogen and oxygen atoms in total. The third kappa shape index (κ3) is 5.11. The number of nitrogens with one attached hydrogen (secondary N) is 3. The van der Waals surface area contributed by atoms with Crippen LogP contribution in [0.1, 0.15) is 35.7 Å². The molecular weight excluding hydrogens is 392 g/mol. The summed E-state index contributed by atoms with van der Waals surface area (Å²) in [5.74, 6) is -0.305. The van der Waals surface area contributed by atoms with Crippen LogP contribution in [0.25, 0.3) is 10.2 Å². The van der Waals surface area contributed by atoms with Crippen LogP contribution in [0.3, 0.4) is 0 Å². The Morgan fingerprint density at radius 1 is 1.14 bits per heavy atom. The first-order chi connectivity index (χ1) is 13.4. The van der Waals surface area contributed by atoms with E-state index in [1.54, 1.807) is 12.1 Å². The van der Waals surface area contributed by atoms with Gasteiger partial charge in [0.25, 0.3) is 5.91 Å². The Hall–Kier alpha value is -2.84. The summed E-state index contributed by atoms with van der Waals surface area (Å²) >= 11 is 6.64. The van der Waals surface area contributed by atoms with Gasteiger partial charge in [0.1, 0.15) is 0 Å². The summed E-state index contributed by atoms with van der Waals surface area (Å²) in [6.45, 7) is 3.88. The van der Waals surface area contributed by atoms with Crippen molar-refractivity contribution in [2.45, 2.75) is 26.7 Å². The second kappa shape index (κ2) is 8.90. The number of nitrogens with zero attached hydrogens (tertiary/aromatic N) is 1. The molecular formula is C20H20N4O2S2. The maximum Gasteiger partial charge on any atom is 0.257 e. The van der Waals surface area contributed by atoms with Crippen LogP contribution in [0.4, 0.5) is 10.8 Å². The van der Waals surface area contributed by atoms with Crippen molar-refractivity contribution in [1.82, 2.24) is 10.3 Å². The minimum atomic E-state index is -0.263. The molecule has 0 aliphatic carbocycles. The maximum absolute atomic E-state index is 12.3. The van der Waals surface area contributed by atoms with Gasteiger partial charge in [-0.1, -0.05) is 36.0 Å². The Bertz CT molecular complexity index is 1050. The minimum Gasteiger partial charge on any atom is -0.332 e. The summed E-state index contributed by atoms with van der Waals surface area (Å²) in [7, 11) is 0. The Morgan fingerprint density at radius 3 is 2.71 bits per heavy atom. The molecule has 0 saturated carbocycles. The Labute approximate surface area is 172 Å². The fraction of sp³-hybridized carbons (Fsp3) is 0.200. The number of anilines is 2. The first-order valence-corrected chi connectivity index (χ1v) is 10.1. The van der Waals surface area contributed by atoms with Crippen molar-refractivity contribution in [1.29, 1.82) is 0 Å². The highest BCUT2D eigenvalue weighted by Gasteiger charge is 2.10. The normalized spacial score (nSPS) is 10.5. The lowest BCUT2D eigenvalue weighted by atomic mass is 10.1. The lowest BCUT2D eigenvalue weighted by Gasteiger charge is -2.10. The molecule has 0 unspecified atom stereocenters. The number of amides is 2. The Balaban J connectivity index is 1.65. The van der Waals surface area contributed by atoms with Crippen molar-refractivity contribution in [3.63, 3.8) is 0 Å². The van der Waals surface area contributed by atoms with Gasteiger partial charge in [0.05, 0.1) is 10.2 Å². The van der Waals surface area contributed by atoms with Crippen LogP contribution in [0.5, 0.6) is 0 Å². The zero-order chi connectivity index (χ0) is 20.1. The molecule has 0 fully saturated rings. The molecule has 1 aromatic heterocycles. The molecule has 1 heterocycles. The summed E-state index contributed by atoms with van der Waals surface area (Å²) in [4.78, 5) is 28.4. The number of thiazole rings is 1. The third-order valence-electron chi connectivity index (χ3n) is 3.88. The van der Waals surface area contributed by atoms with Crippen molar-refractivity contribution in [2.24, 2.45) is 0 Å². The van der Waals surface area contributed by atoms with Crippen LogP contribution in [0, 0.1) is 6.92 Å². The number of aryl methyl sites for hydroxylation is 1. The van der Waals surface area contributed by atoms with Crippen molar-refractivity contribution < 1.29 is 9.59 Å². The number of thiocarbonyl (C=S) groups is 1. The summed E-state index contributed by atoms with van der Waals surface area (Å²) in [5.41, 5.74) is 3.08. The molecule has 8 heteroatoms. The molecule has 0 aliphatic rings. The van der Waals surface area contributed by atoms with E-state index in [9.17, 15) is 9.59 Å². The average Bonchev–Trinajstić information content (AvgIpc) is 3.03. The molecule has 3 aromatic rings. The Morgan fingerprint density at radius 2 is 1.96 bits per heavy atom. The minimum absolute atomic E-state index is 0.0417. The molecule has 0 aliphatic heterocycles. The molecule has 3 N–H and O–H groups in total. The van der Waals surface area contributed by atoms with E-state index in [0.29, 0.717) is 17.1 Å². The predicted octanol–water partition coefficient (Wildman–Crippen LogP) is 4.47. The molecule has 0 bridgehead atoms. The second-order valence-electron chi connectivity index (χ2n) is 6.28. The highest BCUT2D eigenvalue weighted by molar-refractivity contribution is 7.80.